The lowest BCUT2D eigenvalue weighted by molar-refractivity contribution is 0.518. The van der Waals surface area contributed by atoms with Crippen LogP contribution in [0.3, 0.4) is 0 Å². The molecule has 0 fully saturated rings. The minimum atomic E-state index is 0.421. The van der Waals surface area contributed by atoms with Crippen molar-refractivity contribution in [1.82, 2.24) is 0 Å². The Morgan fingerprint density at radius 1 is 1.27 bits per heavy atom. The minimum Gasteiger partial charge on any atom is -0.0835 e. The van der Waals surface area contributed by atoms with Crippen LogP contribution in [0, 0.1) is 5.92 Å². The van der Waals surface area contributed by atoms with Gasteiger partial charge in [-0.05, 0) is 36.1 Å². The van der Waals surface area contributed by atoms with Crippen molar-refractivity contribution in [2.45, 2.75) is 31.5 Å². The van der Waals surface area contributed by atoms with E-state index >= 15 is 0 Å². The zero-order valence-corrected chi connectivity index (χ0v) is 13.7. The zero-order valence-electron chi connectivity index (χ0n) is 8.93. The van der Waals surface area contributed by atoms with Crippen LogP contribution in [0.5, 0.6) is 0 Å². The molecule has 0 aliphatic heterocycles. The monoisotopic (exact) mass is 396 g/mol. The Morgan fingerprint density at radius 3 is 2.53 bits per heavy atom. The first-order chi connectivity index (χ1) is 7.06. The second-order valence-corrected chi connectivity index (χ2v) is 6.59. The number of benzene rings is 1. The van der Waals surface area contributed by atoms with Gasteiger partial charge in [-0.3, -0.25) is 0 Å². The van der Waals surface area contributed by atoms with Crippen molar-refractivity contribution in [2.75, 3.05) is 0 Å². The molecule has 2 atom stereocenters. The molecule has 0 aliphatic rings. The summed E-state index contributed by atoms with van der Waals surface area (Å²) in [7, 11) is 0. The molecule has 0 heterocycles. The summed E-state index contributed by atoms with van der Waals surface area (Å²) in [5, 5.41) is 0. The van der Waals surface area contributed by atoms with Gasteiger partial charge in [0.2, 0.25) is 0 Å². The average Bonchev–Trinajstić information content (AvgIpc) is 2.21. The predicted molar refractivity (Wildman–Crippen MR) is 77.6 cm³/mol. The summed E-state index contributed by atoms with van der Waals surface area (Å²) >= 11 is 10.9. The van der Waals surface area contributed by atoms with E-state index in [1.54, 1.807) is 0 Å². The molecular weight excluding hydrogens is 384 g/mol. The highest BCUT2D eigenvalue weighted by Gasteiger charge is 2.17. The summed E-state index contributed by atoms with van der Waals surface area (Å²) < 4.78 is 2.31. The van der Waals surface area contributed by atoms with E-state index in [0.29, 0.717) is 10.7 Å². The van der Waals surface area contributed by atoms with Gasteiger partial charge in [-0.25, -0.2) is 0 Å². The van der Waals surface area contributed by atoms with Gasteiger partial charge in [-0.1, -0.05) is 68.1 Å². The Bertz CT molecular complexity index is 323. The molecule has 3 heteroatoms. The summed E-state index contributed by atoms with van der Waals surface area (Å²) in [6.45, 7) is 4.52. The molecule has 0 aromatic heterocycles. The van der Waals surface area contributed by atoms with Gasteiger partial charge in [0, 0.05) is 13.8 Å². The van der Waals surface area contributed by atoms with E-state index in [4.69, 9.17) is 0 Å². The van der Waals surface area contributed by atoms with Crippen LogP contribution in [0.4, 0.5) is 0 Å². The van der Waals surface area contributed by atoms with E-state index in [2.05, 4.69) is 79.8 Å². The number of hydrogen-bond donors (Lipinski definition) is 0. The molecule has 84 valence electrons. The molecular formula is C12H15Br3. The molecule has 1 aromatic rings. The maximum atomic E-state index is 3.79. The lowest BCUT2D eigenvalue weighted by atomic mass is 9.97. The molecule has 0 saturated heterocycles. The molecule has 1 aromatic carbocycles. The molecule has 0 saturated carbocycles. The summed E-state index contributed by atoms with van der Waals surface area (Å²) in [6.07, 6.45) is 2.48. The molecule has 0 spiro atoms. The quantitative estimate of drug-likeness (QED) is 0.539. The normalized spacial score (nSPS) is 15.0. The second kappa shape index (κ2) is 6.41. The van der Waals surface area contributed by atoms with Gasteiger partial charge in [0.05, 0.1) is 0 Å². The van der Waals surface area contributed by atoms with Crippen molar-refractivity contribution in [1.29, 1.82) is 0 Å². The van der Waals surface area contributed by atoms with Crippen molar-refractivity contribution in [3.05, 3.63) is 32.7 Å². The first-order valence-electron chi connectivity index (χ1n) is 5.15. The van der Waals surface area contributed by atoms with E-state index in [0.717, 1.165) is 4.47 Å². The van der Waals surface area contributed by atoms with Crippen LogP contribution in [-0.2, 0) is 0 Å². The third-order valence-corrected chi connectivity index (χ3v) is 5.11. The first-order valence-corrected chi connectivity index (χ1v) is 7.65. The van der Waals surface area contributed by atoms with Crippen LogP contribution < -0.4 is 0 Å². The van der Waals surface area contributed by atoms with Gasteiger partial charge >= 0.3 is 0 Å². The third kappa shape index (κ3) is 3.86. The number of rotatable bonds is 4. The first kappa shape index (κ1) is 13.7. The molecule has 2 unspecified atom stereocenters. The zero-order chi connectivity index (χ0) is 11.4. The maximum absolute atomic E-state index is 3.79. The standard InChI is InChI=1S/C12H15Br3/c1-3-4-8(2)12(15)10-7-9(13)5-6-11(10)14/h5-8,12H,3-4H2,1-2H3. The molecule has 0 bridgehead atoms. The van der Waals surface area contributed by atoms with Crippen LogP contribution in [-0.4, -0.2) is 0 Å². The summed E-state index contributed by atoms with van der Waals surface area (Å²) in [4.78, 5) is 0.421. The third-order valence-electron chi connectivity index (χ3n) is 2.50. The Balaban J connectivity index is 2.89. The van der Waals surface area contributed by atoms with Crippen molar-refractivity contribution in [3.63, 3.8) is 0 Å². The van der Waals surface area contributed by atoms with Crippen molar-refractivity contribution in [2.24, 2.45) is 5.92 Å². The highest BCUT2D eigenvalue weighted by Crippen LogP contribution is 2.38. The largest absolute Gasteiger partial charge is 0.0835 e. The SMILES string of the molecule is CCCC(C)C(Br)c1cc(Br)ccc1Br. The Kier molecular flexibility index (Phi) is 5.86. The Morgan fingerprint density at radius 2 is 1.93 bits per heavy atom. The molecule has 15 heavy (non-hydrogen) atoms. The van der Waals surface area contributed by atoms with E-state index in [9.17, 15) is 0 Å². The maximum Gasteiger partial charge on any atom is 0.0432 e. The number of hydrogen-bond acceptors (Lipinski definition) is 0. The fourth-order valence-corrected chi connectivity index (χ4v) is 3.46. The van der Waals surface area contributed by atoms with Crippen LogP contribution >= 0.6 is 47.8 Å². The van der Waals surface area contributed by atoms with Gasteiger partial charge < -0.3 is 0 Å². The number of alkyl halides is 1. The van der Waals surface area contributed by atoms with E-state index in [1.165, 1.54) is 22.9 Å². The van der Waals surface area contributed by atoms with Crippen molar-refractivity contribution < 1.29 is 0 Å². The lowest BCUT2D eigenvalue weighted by Crippen LogP contribution is -2.03. The van der Waals surface area contributed by atoms with Gasteiger partial charge in [0.15, 0.2) is 0 Å². The second-order valence-electron chi connectivity index (χ2n) is 3.83. The van der Waals surface area contributed by atoms with E-state index < -0.39 is 0 Å². The van der Waals surface area contributed by atoms with Crippen molar-refractivity contribution in [3.8, 4) is 0 Å². The van der Waals surface area contributed by atoms with Gasteiger partial charge in [-0.15, -0.1) is 0 Å². The molecule has 1 rings (SSSR count). The van der Waals surface area contributed by atoms with Gasteiger partial charge in [-0.2, -0.15) is 0 Å². The van der Waals surface area contributed by atoms with Crippen LogP contribution in [0.25, 0.3) is 0 Å². The summed E-state index contributed by atoms with van der Waals surface area (Å²) in [6, 6.07) is 6.32. The van der Waals surface area contributed by atoms with Crippen molar-refractivity contribution >= 4 is 47.8 Å². The fraction of sp³-hybridized carbons (Fsp3) is 0.500. The highest BCUT2D eigenvalue weighted by atomic mass is 79.9. The van der Waals surface area contributed by atoms with E-state index in [1.807, 2.05) is 0 Å². The summed E-state index contributed by atoms with van der Waals surface area (Å²) in [5.41, 5.74) is 1.32. The molecule has 0 N–H and O–H groups in total. The highest BCUT2D eigenvalue weighted by molar-refractivity contribution is 9.11. The molecule has 0 amide bonds. The summed E-state index contributed by atoms with van der Waals surface area (Å²) in [5.74, 6) is 0.653. The fourth-order valence-electron chi connectivity index (χ4n) is 1.63. The molecule has 0 radical (unpaired) electrons. The predicted octanol–water partition coefficient (Wildman–Crippen LogP) is 6.08. The van der Waals surface area contributed by atoms with Crippen LogP contribution in [0.1, 0.15) is 37.1 Å². The van der Waals surface area contributed by atoms with Crippen LogP contribution in [0.2, 0.25) is 0 Å². The minimum absolute atomic E-state index is 0.421. The Labute approximate surface area is 117 Å². The van der Waals surface area contributed by atoms with E-state index in [-0.39, 0.29) is 0 Å². The Hall–Kier alpha value is 0.660. The molecule has 0 nitrogen and oxygen atoms in total. The topological polar surface area (TPSA) is 0 Å². The lowest BCUT2D eigenvalue weighted by Gasteiger charge is -2.19. The van der Waals surface area contributed by atoms with Gasteiger partial charge in [0.1, 0.15) is 0 Å². The smallest absolute Gasteiger partial charge is 0.0432 e. The number of halogens is 3. The molecule has 0 aliphatic carbocycles. The average molecular weight is 399 g/mol. The van der Waals surface area contributed by atoms with Gasteiger partial charge in [0.25, 0.3) is 0 Å². The van der Waals surface area contributed by atoms with Crippen LogP contribution in [0.15, 0.2) is 27.1 Å².